The monoisotopic (exact) mass is 708 g/mol. The fourth-order valence-corrected chi connectivity index (χ4v) is 8.19. The molecule has 0 amide bonds. The smallest absolute Gasteiger partial charge is 0.0708 e. The average molecular weight is 709 g/mol. The molecule has 2 aromatic heterocycles. The summed E-state index contributed by atoms with van der Waals surface area (Å²) >= 11 is 0. The van der Waals surface area contributed by atoms with Gasteiger partial charge in [0.2, 0.25) is 0 Å². The van der Waals surface area contributed by atoms with E-state index < -0.39 is 13.7 Å². The normalized spacial score (nSPS) is 16.0. The second-order valence-corrected chi connectivity index (χ2v) is 15.3. The summed E-state index contributed by atoms with van der Waals surface area (Å²) in [6, 6.07) is 46.0. The Morgan fingerprint density at radius 2 is 1.15 bits per heavy atom. The van der Waals surface area contributed by atoms with E-state index in [9.17, 15) is 0 Å². The largest absolute Gasteiger partial charge is 0.256 e. The van der Waals surface area contributed by atoms with Crippen molar-refractivity contribution >= 4 is 0 Å². The number of nitrogens with zero attached hydrogens (tertiary/aromatic N) is 2. The van der Waals surface area contributed by atoms with Crippen molar-refractivity contribution in [2.24, 2.45) is 0 Å². The van der Waals surface area contributed by atoms with Crippen molar-refractivity contribution < 1.29 is 8.22 Å². The van der Waals surface area contributed by atoms with E-state index in [-0.39, 0.29) is 16.5 Å². The molecule has 1 fully saturated rings. The first-order valence-corrected chi connectivity index (χ1v) is 19.2. The highest BCUT2D eigenvalue weighted by Gasteiger charge is 2.28. The molecule has 0 radical (unpaired) electrons. The summed E-state index contributed by atoms with van der Waals surface area (Å²) in [6.07, 6.45) is 10.9. The van der Waals surface area contributed by atoms with Crippen LogP contribution in [0, 0.1) is 20.6 Å². The first-order chi connectivity index (χ1) is 28.7. The van der Waals surface area contributed by atoms with Gasteiger partial charge in [0.05, 0.1) is 11.4 Å². The first kappa shape index (κ1) is 28.8. The van der Waals surface area contributed by atoms with Crippen LogP contribution in [0.3, 0.4) is 0 Å². The number of aryl methyl sites for hydroxylation is 5. The maximum absolute atomic E-state index is 8.31. The van der Waals surface area contributed by atoms with Gasteiger partial charge in [-0.2, -0.15) is 0 Å². The third kappa shape index (κ3) is 7.71. The lowest BCUT2D eigenvalue weighted by Gasteiger charge is -2.34. The topological polar surface area (TPSA) is 25.8 Å². The molecule has 0 N–H and O–H groups in total. The predicted molar refractivity (Wildman–Crippen MR) is 228 cm³/mol. The van der Waals surface area contributed by atoms with Crippen LogP contribution < -0.4 is 0 Å². The van der Waals surface area contributed by atoms with Crippen LogP contribution in [-0.2, 0) is 18.3 Å². The molecule has 0 atom stereocenters. The fourth-order valence-electron chi connectivity index (χ4n) is 8.19. The summed E-state index contributed by atoms with van der Waals surface area (Å²) in [5, 5.41) is 0. The number of rotatable bonds is 9. The third-order valence-electron chi connectivity index (χ3n) is 11.3. The molecule has 7 aromatic rings. The minimum absolute atomic E-state index is 0.172. The fraction of sp³-hybridized carbons (Fsp3) is 0.231. The van der Waals surface area contributed by atoms with Crippen LogP contribution in [0.4, 0.5) is 0 Å². The maximum Gasteiger partial charge on any atom is 0.0708 e. The predicted octanol–water partition coefficient (Wildman–Crippen LogP) is 13.7. The number of aromatic nitrogens is 2. The summed E-state index contributed by atoms with van der Waals surface area (Å²) in [6.45, 7) is 0.0526. The van der Waals surface area contributed by atoms with Crippen LogP contribution >= 0.6 is 0 Å². The maximum atomic E-state index is 8.31. The molecule has 54 heavy (non-hydrogen) atoms. The summed E-state index contributed by atoms with van der Waals surface area (Å²) in [5.74, 6) is 0. The standard InChI is InChI=1S/C52H50N2/c1-36-12-27-50(53-34-36)43-17-15-39(16-18-43)13-14-40-30-37(2)31-45(32-40)48-11-7-6-10-47(48)41-19-21-44(22-20-41)51-33-49(38(3)35-54-51)42-23-25-46(26-24-42)52(4)28-8-5-9-29-52/h6-7,10-12,15-27,30-35H,5,8-9,13-14,28-29H2,1-4H3/i1D3,3D3. The number of hydrogen-bond donors (Lipinski definition) is 0. The van der Waals surface area contributed by atoms with Gasteiger partial charge in [0.15, 0.2) is 0 Å². The zero-order valence-electron chi connectivity index (χ0n) is 37.2. The Kier molecular flexibility index (Phi) is 8.23. The van der Waals surface area contributed by atoms with Gasteiger partial charge in [-0.1, -0.05) is 153 Å². The average Bonchev–Trinajstić information content (AvgIpc) is 3.25. The third-order valence-corrected chi connectivity index (χ3v) is 11.3. The Morgan fingerprint density at radius 1 is 0.519 bits per heavy atom. The second kappa shape index (κ2) is 15.4. The van der Waals surface area contributed by atoms with Crippen LogP contribution in [0.15, 0.2) is 146 Å². The molecule has 268 valence electrons. The molecular weight excluding hydrogens is 653 g/mol. The van der Waals surface area contributed by atoms with Crippen molar-refractivity contribution in [3.63, 3.8) is 0 Å². The van der Waals surface area contributed by atoms with Crippen LogP contribution in [0.5, 0.6) is 0 Å². The van der Waals surface area contributed by atoms with Crippen molar-refractivity contribution in [2.45, 2.75) is 77.9 Å². The zero-order valence-corrected chi connectivity index (χ0v) is 31.2. The molecule has 2 nitrogen and oxygen atoms in total. The second-order valence-electron chi connectivity index (χ2n) is 15.3. The Labute approximate surface area is 330 Å². The number of benzene rings is 5. The molecule has 8 rings (SSSR count). The number of hydrogen-bond acceptors (Lipinski definition) is 2. The van der Waals surface area contributed by atoms with Gasteiger partial charge in [0.25, 0.3) is 0 Å². The summed E-state index contributed by atoms with van der Waals surface area (Å²) in [7, 11) is 0. The van der Waals surface area contributed by atoms with Gasteiger partial charge < -0.3 is 0 Å². The van der Waals surface area contributed by atoms with Gasteiger partial charge in [-0.05, 0) is 125 Å². The lowest BCUT2D eigenvalue weighted by Crippen LogP contribution is -2.24. The van der Waals surface area contributed by atoms with Crippen molar-refractivity contribution in [1.29, 1.82) is 0 Å². The molecule has 5 aromatic carbocycles. The van der Waals surface area contributed by atoms with Crippen molar-refractivity contribution in [2.75, 3.05) is 0 Å². The lowest BCUT2D eigenvalue weighted by molar-refractivity contribution is 0.319. The molecule has 2 heterocycles. The SMILES string of the molecule is [2H]C([2H])([2H])c1ccc(-c2ccc(CCc3cc(C)cc(-c4ccccc4-c4ccc(-c5cc(-c6ccc(C7(C)CCCCC7)cc6)c(C([2H])([2H])[2H])cn5)cc4)c3)cc2)nc1. The molecule has 0 aliphatic heterocycles. The van der Waals surface area contributed by atoms with Crippen LogP contribution in [0.2, 0.25) is 0 Å². The Hall–Kier alpha value is -5.60. The quantitative estimate of drug-likeness (QED) is 0.149. The molecule has 1 aliphatic rings. The van der Waals surface area contributed by atoms with Crippen LogP contribution in [-0.4, -0.2) is 9.97 Å². The molecule has 0 bridgehead atoms. The van der Waals surface area contributed by atoms with Crippen LogP contribution in [0.1, 0.15) is 80.6 Å². The van der Waals surface area contributed by atoms with E-state index in [1.54, 1.807) is 12.1 Å². The van der Waals surface area contributed by atoms with E-state index in [1.165, 1.54) is 72.3 Å². The lowest BCUT2D eigenvalue weighted by atomic mass is 9.71. The Morgan fingerprint density at radius 3 is 1.85 bits per heavy atom. The Balaban J connectivity index is 1.01. The van der Waals surface area contributed by atoms with Crippen molar-refractivity contribution in [1.82, 2.24) is 9.97 Å². The van der Waals surface area contributed by atoms with Crippen molar-refractivity contribution in [3.05, 3.63) is 179 Å². The van der Waals surface area contributed by atoms with E-state index in [4.69, 9.17) is 8.22 Å². The zero-order chi connectivity index (χ0) is 42.1. The van der Waals surface area contributed by atoms with Gasteiger partial charge in [-0.3, -0.25) is 9.97 Å². The molecular formula is C52H50N2. The molecule has 2 heteroatoms. The van der Waals surface area contributed by atoms with Gasteiger partial charge in [-0.15, -0.1) is 0 Å². The highest BCUT2D eigenvalue weighted by Crippen LogP contribution is 2.40. The van der Waals surface area contributed by atoms with Gasteiger partial charge in [0, 0.05) is 31.7 Å². The molecule has 0 unspecified atom stereocenters. The minimum Gasteiger partial charge on any atom is -0.256 e. The van der Waals surface area contributed by atoms with E-state index in [0.29, 0.717) is 5.56 Å². The number of pyridine rings is 2. The van der Waals surface area contributed by atoms with Gasteiger partial charge in [-0.25, -0.2) is 0 Å². The van der Waals surface area contributed by atoms with E-state index in [0.717, 1.165) is 57.6 Å². The van der Waals surface area contributed by atoms with Crippen molar-refractivity contribution in [3.8, 4) is 55.9 Å². The van der Waals surface area contributed by atoms with E-state index >= 15 is 0 Å². The summed E-state index contributed by atoms with van der Waals surface area (Å²) < 4.78 is 47.7. The van der Waals surface area contributed by atoms with E-state index in [1.807, 2.05) is 18.2 Å². The summed E-state index contributed by atoms with van der Waals surface area (Å²) in [5.41, 5.74) is 15.2. The van der Waals surface area contributed by atoms with Crippen LogP contribution in [0.25, 0.3) is 55.9 Å². The minimum atomic E-state index is -2.29. The molecule has 0 saturated heterocycles. The van der Waals surface area contributed by atoms with Gasteiger partial charge in [0.1, 0.15) is 0 Å². The van der Waals surface area contributed by atoms with Gasteiger partial charge >= 0.3 is 0 Å². The molecule has 0 spiro atoms. The molecule has 1 saturated carbocycles. The highest BCUT2D eigenvalue weighted by molar-refractivity contribution is 5.85. The Bertz CT molecular complexity index is 2580. The summed E-state index contributed by atoms with van der Waals surface area (Å²) in [4.78, 5) is 9.07. The molecule has 1 aliphatic carbocycles. The first-order valence-electron chi connectivity index (χ1n) is 22.2. The van der Waals surface area contributed by atoms with E-state index in [2.05, 4.69) is 127 Å². The highest BCUT2D eigenvalue weighted by atomic mass is 14.7.